The molecular weight excluding hydrogens is 868 g/mol. The van der Waals surface area contributed by atoms with Crippen LogP contribution in [0.25, 0.3) is 28.2 Å². The summed E-state index contributed by atoms with van der Waals surface area (Å²) in [6.07, 6.45) is -0.198. The predicted octanol–water partition coefficient (Wildman–Crippen LogP) is 2.81. The predicted molar refractivity (Wildman–Crippen MR) is 234 cm³/mol. The van der Waals surface area contributed by atoms with Crippen LogP contribution in [0.4, 0.5) is 30.4 Å². The first-order valence-electron chi connectivity index (χ1n) is 21.0. The maximum Gasteiger partial charge on any atom is 0.405 e. The van der Waals surface area contributed by atoms with Gasteiger partial charge in [-0.1, -0.05) is 12.1 Å². The first kappa shape index (κ1) is 45.2. The first-order valence-corrected chi connectivity index (χ1v) is 21.0. The van der Waals surface area contributed by atoms with Crippen molar-refractivity contribution in [2.45, 2.75) is 31.6 Å². The topological polar surface area (TPSA) is 242 Å². The minimum absolute atomic E-state index is 0.0261. The lowest BCUT2D eigenvalue weighted by molar-refractivity contribution is -0.135. The third kappa shape index (κ3) is 10.4. The first-order chi connectivity index (χ1) is 31.7. The number of aromatic nitrogens is 6. The number of imidazole rings is 1. The van der Waals surface area contributed by atoms with Crippen molar-refractivity contribution in [3.05, 3.63) is 101 Å². The van der Waals surface area contributed by atoms with Gasteiger partial charge in [0.25, 0.3) is 11.8 Å². The van der Waals surface area contributed by atoms with E-state index in [0.29, 0.717) is 37.5 Å². The molecule has 6 N–H and O–H groups in total. The Hall–Kier alpha value is -7.37. The van der Waals surface area contributed by atoms with Crippen molar-refractivity contribution in [3.8, 4) is 17.1 Å². The van der Waals surface area contributed by atoms with Crippen LogP contribution in [-0.2, 0) is 27.9 Å². The number of anilines is 3. The Balaban J connectivity index is 0.755. The summed E-state index contributed by atoms with van der Waals surface area (Å²) in [5, 5.41) is 14.7. The van der Waals surface area contributed by atoms with Crippen LogP contribution in [0.5, 0.6) is 0 Å². The zero-order chi connectivity index (χ0) is 46.5. The molecule has 346 valence electrons. The standard InChI is InChI=1S/C43H46F3N13O7/c1-55-34-21-29(6-7-32(34)59(42(55)64)33-8-9-36(60)53-40(33)63)57-15-13-56(14-16-57)17-19-65-18-12-48-22-26-2-4-28(5-3-26)58-23-30(37(54-58)38(47)61)51-39(62)31-24-66-41(52-31)27-10-11-49-35(20-27)50-25-43(44,45)46/h2-7,10-11,20-21,23-24,33,48H,8-9,12-19,22,25H2,1H3,(H2,47,61)(H,49,50)(H,51,62)(H,53,60,63). The molecule has 2 fully saturated rings. The number of carbonyl (C=O) groups is 4. The largest absolute Gasteiger partial charge is 0.444 e. The van der Waals surface area contributed by atoms with Gasteiger partial charge in [0, 0.05) is 76.7 Å². The van der Waals surface area contributed by atoms with Crippen LogP contribution >= 0.6 is 0 Å². The van der Waals surface area contributed by atoms with Gasteiger partial charge >= 0.3 is 11.9 Å². The molecule has 0 radical (unpaired) electrons. The van der Waals surface area contributed by atoms with Gasteiger partial charge in [-0.3, -0.25) is 38.5 Å². The van der Waals surface area contributed by atoms with Gasteiger partial charge in [-0.15, -0.1) is 0 Å². The Labute approximate surface area is 373 Å². The smallest absolute Gasteiger partial charge is 0.405 e. The molecule has 0 bridgehead atoms. The molecule has 1 atom stereocenters. The Morgan fingerprint density at radius 1 is 0.985 bits per heavy atom. The third-order valence-corrected chi connectivity index (χ3v) is 11.2. The van der Waals surface area contributed by atoms with E-state index >= 15 is 0 Å². The Kier molecular flexibility index (Phi) is 13.3. The number of primary amides is 1. The summed E-state index contributed by atoms with van der Waals surface area (Å²) in [7, 11) is 1.69. The van der Waals surface area contributed by atoms with Crippen molar-refractivity contribution in [3.63, 3.8) is 0 Å². The number of amides is 4. The van der Waals surface area contributed by atoms with Crippen LogP contribution < -0.4 is 37.6 Å². The molecular formula is C43H46F3N13O7. The van der Waals surface area contributed by atoms with E-state index in [1.807, 2.05) is 30.3 Å². The molecule has 6 heterocycles. The number of ether oxygens (including phenoxy) is 1. The van der Waals surface area contributed by atoms with Crippen LogP contribution in [0.3, 0.4) is 0 Å². The van der Waals surface area contributed by atoms with Crippen molar-refractivity contribution in [1.29, 1.82) is 0 Å². The molecule has 66 heavy (non-hydrogen) atoms. The molecule has 6 aromatic rings. The van der Waals surface area contributed by atoms with Gasteiger partial charge in [-0.25, -0.2) is 19.4 Å². The average Bonchev–Trinajstić information content (AvgIpc) is 4.03. The number of alkyl halides is 3. The Morgan fingerprint density at radius 3 is 2.50 bits per heavy atom. The second-order valence-corrected chi connectivity index (χ2v) is 15.7. The molecule has 2 aliphatic heterocycles. The summed E-state index contributed by atoms with van der Waals surface area (Å²) in [5.41, 5.74) is 9.19. The summed E-state index contributed by atoms with van der Waals surface area (Å²) in [6, 6.07) is 15.3. The van der Waals surface area contributed by atoms with Gasteiger partial charge in [0.1, 0.15) is 24.7 Å². The van der Waals surface area contributed by atoms with E-state index in [2.05, 4.69) is 46.1 Å². The summed E-state index contributed by atoms with van der Waals surface area (Å²) in [6.45, 7) is 5.13. The lowest BCUT2D eigenvalue weighted by Gasteiger charge is -2.36. The number of piperidine rings is 1. The second-order valence-electron chi connectivity index (χ2n) is 15.7. The summed E-state index contributed by atoms with van der Waals surface area (Å²) >= 11 is 0. The number of pyridine rings is 1. The fourth-order valence-corrected chi connectivity index (χ4v) is 7.77. The number of rotatable bonds is 17. The minimum Gasteiger partial charge on any atom is -0.444 e. The highest BCUT2D eigenvalue weighted by molar-refractivity contribution is 6.07. The number of nitrogens with one attached hydrogen (secondary N) is 4. The van der Waals surface area contributed by atoms with Crippen molar-refractivity contribution in [1.82, 2.24) is 44.4 Å². The molecule has 20 nitrogen and oxygen atoms in total. The summed E-state index contributed by atoms with van der Waals surface area (Å²) in [4.78, 5) is 75.4. The van der Waals surface area contributed by atoms with Crippen LogP contribution in [0.1, 0.15) is 45.4 Å². The number of benzene rings is 2. The zero-order valence-corrected chi connectivity index (χ0v) is 35.6. The van der Waals surface area contributed by atoms with Crippen LogP contribution in [0.2, 0.25) is 0 Å². The fraction of sp³-hybridized carbons (Fsp3) is 0.349. The third-order valence-electron chi connectivity index (χ3n) is 11.2. The number of hydrogen-bond donors (Lipinski definition) is 5. The van der Waals surface area contributed by atoms with Gasteiger partial charge in [-0.05, 0) is 54.4 Å². The quantitative estimate of drug-likeness (QED) is 0.0654. The van der Waals surface area contributed by atoms with Gasteiger partial charge in [0.15, 0.2) is 11.4 Å². The van der Waals surface area contributed by atoms with Gasteiger partial charge in [-0.2, -0.15) is 18.3 Å². The highest BCUT2D eigenvalue weighted by Gasteiger charge is 2.32. The molecule has 23 heteroatoms. The lowest BCUT2D eigenvalue weighted by atomic mass is 10.1. The van der Waals surface area contributed by atoms with Crippen molar-refractivity contribution in [2.24, 2.45) is 12.8 Å². The van der Waals surface area contributed by atoms with Gasteiger partial charge in [0.2, 0.25) is 17.7 Å². The van der Waals surface area contributed by atoms with Crippen LogP contribution in [0.15, 0.2) is 82.5 Å². The average molecular weight is 914 g/mol. The molecule has 4 aromatic heterocycles. The number of carbonyl (C=O) groups excluding carboxylic acids is 4. The second kappa shape index (κ2) is 19.4. The molecule has 8 rings (SSSR count). The van der Waals surface area contributed by atoms with Crippen LogP contribution in [-0.4, -0.2) is 123 Å². The van der Waals surface area contributed by atoms with Gasteiger partial charge in [0.05, 0.1) is 41.8 Å². The highest BCUT2D eigenvalue weighted by Crippen LogP contribution is 2.28. The normalized spacial score (nSPS) is 15.9. The van der Waals surface area contributed by atoms with Crippen molar-refractivity contribution >= 4 is 51.9 Å². The number of imide groups is 1. The molecule has 0 saturated carbocycles. The van der Waals surface area contributed by atoms with E-state index in [1.54, 1.807) is 23.7 Å². The lowest BCUT2D eigenvalue weighted by Crippen LogP contribution is -2.47. The number of nitrogens with two attached hydrogens (primary N) is 1. The minimum atomic E-state index is -4.45. The Morgan fingerprint density at radius 2 is 1.76 bits per heavy atom. The fourth-order valence-electron chi connectivity index (χ4n) is 7.77. The molecule has 2 saturated heterocycles. The molecule has 0 aliphatic carbocycles. The van der Waals surface area contributed by atoms with E-state index in [9.17, 15) is 37.1 Å². The van der Waals surface area contributed by atoms with Crippen LogP contribution in [0, 0.1) is 0 Å². The SMILES string of the molecule is Cn1c(=O)n(C2CCC(=O)NC2=O)c2ccc(N3CCN(CCOCCNCc4ccc(-n5cc(NC(=O)c6coc(-c7ccnc(NCC(F)(F)F)c7)n6)c(C(N)=O)n5)cc4)CC3)cc21. The van der Waals surface area contributed by atoms with Gasteiger partial charge < -0.3 is 35.7 Å². The summed E-state index contributed by atoms with van der Waals surface area (Å²) in [5.74, 6) is -2.51. The summed E-state index contributed by atoms with van der Waals surface area (Å²) < 4.78 is 53.6. The number of fused-ring (bicyclic) bond motifs is 1. The monoisotopic (exact) mass is 913 g/mol. The van der Waals surface area contributed by atoms with Crippen molar-refractivity contribution < 1.29 is 41.5 Å². The number of nitrogens with zero attached hydrogens (tertiary/aromatic N) is 8. The highest BCUT2D eigenvalue weighted by atomic mass is 19.4. The number of oxazole rings is 1. The maximum absolute atomic E-state index is 13.2. The zero-order valence-electron chi connectivity index (χ0n) is 35.6. The van der Waals surface area contributed by atoms with E-state index in [0.717, 1.165) is 55.8 Å². The number of piperazine rings is 1. The molecule has 0 spiro atoms. The van der Waals surface area contributed by atoms with E-state index in [-0.39, 0.29) is 58.8 Å². The number of hydrogen-bond acceptors (Lipinski definition) is 14. The number of halogens is 3. The number of aryl methyl sites for hydroxylation is 1. The molecule has 1 unspecified atom stereocenters. The molecule has 4 amide bonds. The van der Waals surface area contributed by atoms with E-state index in [4.69, 9.17) is 14.9 Å². The van der Waals surface area contributed by atoms with E-state index < -0.39 is 36.5 Å². The molecule has 2 aromatic carbocycles. The molecule has 2 aliphatic rings. The maximum atomic E-state index is 13.2. The Bertz CT molecular complexity index is 2810. The van der Waals surface area contributed by atoms with E-state index in [1.165, 1.54) is 33.8 Å². The van der Waals surface area contributed by atoms with Crippen molar-refractivity contribution in [2.75, 3.05) is 74.6 Å².